The van der Waals surface area contributed by atoms with Gasteiger partial charge in [0.25, 0.3) is 0 Å². The molecule has 0 aliphatic carbocycles. The molecule has 0 aliphatic heterocycles. The molecule has 0 aromatic carbocycles. The number of hydrogen-bond donors (Lipinski definition) is 2. The minimum atomic E-state index is -0.937. The molecule has 0 heterocycles. The Morgan fingerprint density at radius 3 is 2.83 bits per heavy atom. The average Bonchev–Trinajstić information content (AvgIpc) is 2.03. The van der Waals surface area contributed by atoms with Gasteiger partial charge in [0.2, 0.25) is 0 Å². The zero-order chi connectivity index (χ0) is 9.40. The van der Waals surface area contributed by atoms with Gasteiger partial charge in [-0.2, -0.15) is 11.8 Å². The highest BCUT2D eigenvalue weighted by atomic mass is 32.2. The summed E-state index contributed by atoms with van der Waals surface area (Å²) < 4.78 is 0. The van der Waals surface area contributed by atoms with E-state index in [-0.39, 0.29) is 0 Å². The summed E-state index contributed by atoms with van der Waals surface area (Å²) in [5, 5.41) is 8.42. The summed E-state index contributed by atoms with van der Waals surface area (Å²) in [5.74, 6) is 3.21. The van der Waals surface area contributed by atoms with Gasteiger partial charge in [-0.1, -0.05) is 0 Å². The van der Waals surface area contributed by atoms with Crippen molar-refractivity contribution in [2.24, 2.45) is 5.73 Å². The van der Waals surface area contributed by atoms with E-state index in [1.807, 2.05) is 0 Å². The molecule has 3 N–H and O–H groups in total. The Morgan fingerprint density at radius 1 is 1.67 bits per heavy atom. The third kappa shape index (κ3) is 6.08. The average molecular weight is 187 g/mol. The fourth-order valence-electron chi connectivity index (χ4n) is 0.567. The Kier molecular flexibility index (Phi) is 6.63. The van der Waals surface area contributed by atoms with Gasteiger partial charge in [0, 0.05) is 12.2 Å². The van der Waals surface area contributed by atoms with Crippen LogP contribution in [0.1, 0.15) is 12.8 Å². The van der Waals surface area contributed by atoms with E-state index in [2.05, 4.69) is 5.92 Å². The predicted octanol–water partition coefficient (Wildman–Crippen LogP) is 0.545. The molecule has 0 saturated heterocycles. The van der Waals surface area contributed by atoms with E-state index in [1.165, 1.54) is 0 Å². The summed E-state index contributed by atoms with van der Waals surface area (Å²) in [5.41, 5.74) is 5.28. The Labute approximate surface area is 76.7 Å². The zero-order valence-electron chi connectivity index (χ0n) is 6.82. The lowest BCUT2D eigenvalue weighted by molar-refractivity contribution is -0.138. The van der Waals surface area contributed by atoms with Crippen molar-refractivity contribution in [2.45, 2.75) is 18.9 Å². The molecule has 4 heteroatoms. The summed E-state index contributed by atoms with van der Waals surface area (Å²) >= 11 is 1.64. The first-order chi connectivity index (χ1) is 5.68. The monoisotopic (exact) mass is 187 g/mol. The maximum Gasteiger partial charge on any atom is 0.320 e. The van der Waals surface area contributed by atoms with Crippen LogP contribution in [0.25, 0.3) is 0 Å². The second-order valence-corrected chi connectivity index (χ2v) is 3.52. The van der Waals surface area contributed by atoms with Crippen molar-refractivity contribution in [3.05, 3.63) is 0 Å². The SMILES string of the molecule is C#CCCSCCC(N)C(=O)O. The van der Waals surface area contributed by atoms with E-state index >= 15 is 0 Å². The molecule has 12 heavy (non-hydrogen) atoms. The van der Waals surface area contributed by atoms with Crippen molar-refractivity contribution in [3.8, 4) is 12.3 Å². The van der Waals surface area contributed by atoms with E-state index in [0.717, 1.165) is 17.9 Å². The van der Waals surface area contributed by atoms with Crippen molar-refractivity contribution in [3.63, 3.8) is 0 Å². The van der Waals surface area contributed by atoms with E-state index < -0.39 is 12.0 Å². The molecule has 0 radical (unpaired) electrons. The van der Waals surface area contributed by atoms with Crippen LogP contribution in [0.4, 0.5) is 0 Å². The number of nitrogens with two attached hydrogens (primary N) is 1. The number of carboxylic acids is 1. The largest absolute Gasteiger partial charge is 0.480 e. The molecule has 1 unspecified atom stereocenters. The van der Waals surface area contributed by atoms with Gasteiger partial charge in [-0.25, -0.2) is 0 Å². The highest BCUT2D eigenvalue weighted by molar-refractivity contribution is 7.99. The van der Waals surface area contributed by atoms with Gasteiger partial charge in [-0.05, 0) is 12.2 Å². The molecular formula is C8H13NO2S. The topological polar surface area (TPSA) is 63.3 Å². The molecule has 68 valence electrons. The Hall–Kier alpha value is -0.660. The van der Waals surface area contributed by atoms with E-state index in [4.69, 9.17) is 17.3 Å². The smallest absolute Gasteiger partial charge is 0.320 e. The Morgan fingerprint density at radius 2 is 2.33 bits per heavy atom. The van der Waals surface area contributed by atoms with Crippen LogP contribution in [0.15, 0.2) is 0 Å². The fourth-order valence-corrected chi connectivity index (χ4v) is 1.45. The summed E-state index contributed by atoms with van der Waals surface area (Å²) in [6.45, 7) is 0. The molecule has 0 saturated carbocycles. The van der Waals surface area contributed by atoms with Gasteiger partial charge in [-0.3, -0.25) is 4.79 Å². The third-order valence-corrected chi connectivity index (χ3v) is 2.30. The van der Waals surface area contributed by atoms with Crippen molar-refractivity contribution < 1.29 is 9.90 Å². The lowest BCUT2D eigenvalue weighted by Crippen LogP contribution is -2.30. The summed E-state index contributed by atoms with van der Waals surface area (Å²) in [6.07, 6.45) is 6.27. The van der Waals surface area contributed by atoms with E-state index in [1.54, 1.807) is 11.8 Å². The molecule has 0 bridgehead atoms. The lowest BCUT2D eigenvalue weighted by Gasteiger charge is -2.04. The minimum absolute atomic E-state index is 0.505. The van der Waals surface area contributed by atoms with Crippen LogP contribution in [0.3, 0.4) is 0 Å². The quantitative estimate of drug-likeness (QED) is 0.470. The van der Waals surface area contributed by atoms with E-state index in [0.29, 0.717) is 6.42 Å². The summed E-state index contributed by atoms with van der Waals surface area (Å²) in [4.78, 5) is 10.3. The molecule has 0 amide bonds. The lowest BCUT2D eigenvalue weighted by atomic mass is 10.2. The summed E-state index contributed by atoms with van der Waals surface area (Å²) in [6, 6.07) is -0.733. The van der Waals surface area contributed by atoms with Crippen molar-refractivity contribution in [1.82, 2.24) is 0 Å². The molecule has 1 atom stereocenters. The molecule has 0 aromatic rings. The maximum atomic E-state index is 10.3. The normalized spacial score (nSPS) is 12.0. The highest BCUT2D eigenvalue weighted by Gasteiger charge is 2.09. The predicted molar refractivity (Wildman–Crippen MR) is 51.0 cm³/mol. The molecule has 3 nitrogen and oxygen atoms in total. The van der Waals surface area contributed by atoms with Gasteiger partial charge < -0.3 is 10.8 Å². The molecule has 0 fully saturated rings. The minimum Gasteiger partial charge on any atom is -0.480 e. The van der Waals surface area contributed by atoms with Crippen molar-refractivity contribution >= 4 is 17.7 Å². The van der Waals surface area contributed by atoms with Crippen LogP contribution in [-0.4, -0.2) is 28.6 Å². The highest BCUT2D eigenvalue weighted by Crippen LogP contribution is 2.05. The first kappa shape index (κ1) is 11.3. The van der Waals surface area contributed by atoms with Crippen LogP contribution in [0, 0.1) is 12.3 Å². The van der Waals surface area contributed by atoms with Crippen LogP contribution in [-0.2, 0) is 4.79 Å². The summed E-state index contributed by atoms with van der Waals surface area (Å²) in [7, 11) is 0. The maximum absolute atomic E-state index is 10.3. The second-order valence-electron chi connectivity index (χ2n) is 2.30. The third-order valence-electron chi connectivity index (χ3n) is 1.28. The number of carbonyl (C=O) groups is 1. The molecular weight excluding hydrogens is 174 g/mol. The number of carboxylic acid groups (broad SMARTS) is 1. The van der Waals surface area contributed by atoms with Crippen LogP contribution < -0.4 is 5.73 Å². The van der Waals surface area contributed by atoms with Gasteiger partial charge >= 0.3 is 5.97 Å². The van der Waals surface area contributed by atoms with Gasteiger partial charge in [0.1, 0.15) is 6.04 Å². The zero-order valence-corrected chi connectivity index (χ0v) is 7.64. The van der Waals surface area contributed by atoms with Gasteiger partial charge in [0.15, 0.2) is 0 Å². The Balaban J connectivity index is 3.21. The number of thioether (sulfide) groups is 1. The first-order valence-corrected chi connectivity index (χ1v) is 4.83. The molecule has 0 aromatic heterocycles. The van der Waals surface area contributed by atoms with Crippen LogP contribution in [0.2, 0.25) is 0 Å². The fraction of sp³-hybridized carbons (Fsp3) is 0.625. The first-order valence-electron chi connectivity index (χ1n) is 3.68. The number of terminal acetylenes is 1. The van der Waals surface area contributed by atoms with Crippen LogP contribution in [0.5, 0.6) is 0 Å². The second kappa shape index (κ2) is 7.01. The number of aliphatic carboxylic acids is 1. The molecule has 0 aliphatic rings. The van der Waals surface area contributed by atoms with Gasteiger partial charge in [-0.15, -0.1) is 12.3 Å². The molecule has 0 rings (SSSR count). The van der Waals surface area contributed by atoms with Crippen molar-refractivity contribution in [1.29, 1.82) is 0 Å². The van der Waals surface area contributed by atoms with Gasteiger partial charge in [0.05, 0.1) is 0 Å². The molecule has 0 spiro atoms. The standard InChI is InChI=1S/C8H13NO2S/c1-2-3-5-12-6-4-7(9)8(10)11/h1,7H,3-6,9H2,(H,10,11). The number of rotatable bonds is 6. The Bertz CT molecular complexity index is 176. The van der Waals surface area contributed by atoms with Crippen LogP contribution >= 0.6 is 11.8 Å². The van der Waals surface area contributed by atoms with E-state index in [9.17, 15) is 4.79 Å². The van der Waals surface area contributed by atoms with Crippen molar-refractivity contribution in [2.75, 3.05) is 11.5 Å². The number of hydrogen-bond acceptors (Lipinski definition) is 3.